The summed E-state index contributed by atoms with van der Waals surface area (Å²) < 4.78 is 10.1. The van der Waals surface area contributed by atoms with Gasteiger partial charge in [-0.3, -0.25) is 0 Å². The van der Waals surface area contributed by atoms with Crippen LogP contribution in [0.15, 0.2) is 285 Å². The second kappa shape index (κ2) is 17.3. The van der Waals surface area contributed by atoms with Crippen molar-refractivity contribution in [1.29, 1.82) is 0 Å². The van der Waals surface area contributed by atoms with Crippen LogP contribution in [0.2, 0.25) is 0 Å². The van der Waals surface area contributed by atoms with Crippen LogP contribution in [0.4, 0.5) is 0 Å². The van der Waals surface area contributed by atoms with Gasteiger partial charge in [0.05, 0.1) is 33.1 Å². The molecule has 360 valence electrons. The molecule has 16 aromatic rings. The van der Waals surface area contributed by atoms with Gasteiger partial charge in [-0.05, 0) is 117 Å². The normalized spacial score (nSPS) is 12.2. The van der Waals surface area contributed by atoms with Crippen molar-refractivity contribution in [1.82, 2.24) is 13.7 Å². The molecule has 0 aliphatic carbocycles. The van der Waals surface area contributed by atoms with Gasteiger partial charge in [-0.25, -0.2) is 0 Å². The third-order valence-corrected chi connectivity index (χ3v) is 22.4. The first-order chi connectivity index (χ1) is 38.2. The molecule has 0 N–H and O–H groups in total. The summed E-state index contributed by atoms with van der Waals surface area (Å²) in [6.07, 6.45) is 0. The third-order valence-electron chi connectivity index (χ3n) is 16.4. The first-order valence-corrected chi connectivity index (χ1v) is 29.3. The van der Waals surface area contributed by atoms with Crippen molar-refractivity contribution in [3.63, 3.8) is 0 Å². The lowest BCUT2D eigenvalue weighted by molar-refractivity contribution is 1.16. The quantitative estimate of drug-likeness (QED) is 0.106. The summed E-state index contributed by atoms with van der Waals surface area (Å²) in [7, 11) is -2.79. The molecule has 0 bridgehead atoms. The van der Waals surface area contributed by atoms with E-state index in [0.717, 1.165) is 17.1 Å². The molecule has 4 aromatic heterocycles. The summed E-state index contributed by atoms with van der Waals surface area (Å²) in [5, 5.41) is 15.4. The Labute approximate surface area is 450 Å². The van der Waals surface area contributed by atoms with E-state index in [9.17, 15) is 0 Å². The minimum absolute atomic E-state index is 1.13. The highest BCUT2D eigenvalue weighted by atomic mass is 32.1. The Kier molecular flexibility index (Phi) is 9.83. The average molecular weight is 1010 g/mol. The molecule has 4 heterocycles. The van der Waals surface area contributed by atoms with E-state index >= 15 is 0 Å². The summed E-state index contributed by atoms with van der Waals surface area (Å²) in [5.41, 5.74) is 13.0. The lowest BCUT2D eigenvalue weighted by Gasteiger charge is -2.34. The van der Waals surface area contributed by atoms with E-state index in [2.05, 4.69) is 299 Å². The Balaban J connectivity index is 0.917. The molecular formula is C72H47N3SSi. The molecule has 12 aromatic carbocycles. The monoisotopic (exact) mass is 1010 g/mol. The van der Waals surface area contributed by atoms with Crippen molar-refractivity contribution in [2.45, 2.75) is 0 Å². The minimum Gasteiger partial charge on any atom is -0.309 e. The van der Waals surface area contributed by atoms with E-state index in [1.165, 1.54) is 117 Å². The fraction of sp³-hybridized carbons (Fsp3) is 0. The highest BCUT2D eigenvalue weighted by Gasteiger charge is 2.41. The first-order valence-electron chi connectivity index (χ1n) is 26.5. The Hall–Kier alpha value is -9.52. The summed E-state index contributed by atoms with van der Waals surface area (Å²) in [6, 6.07) is 107. The summed E-state index contributed by atoms with van der Waals surface area (Å²) in [4.78, 5) is 0. The number of thiophene rings is 1. The molecule has 0 aliphatic rings. The van der Waals surface area contributed by atoms with E-state index in [4.69, 9.17) is 0 Å². The number of hydrogen-bond acceptors (Lipinski definition) is 1. The maximum Gasteiger partial charge on any atom is 0.179 e. The Morgan fingerprint density at radius 3 is 1.19 bits per heavy atom. The van der Waals surface area contributed by atoms with Gasteiger partial charge >= 0.3 is 0 Å². The number of rotatable bonds is 8. The molecular weight excluding hydrogens is 967 g/mol. The van der Waals surface area contributed by atoms with Crippen LogP contribution in [-0.4, -0.2) is 21.8 Å². The maximum absolute atomic E-state index is 2.79. The fourth-order valence-electron chi connectivity index (χ4n) is 13.1. The van der Waals surface area contributed by atoms with E-state index in [1.807, 2.05) is 11.3 Å². The van der Waals surface area contributed by atoms with Crippen LogP contribution in [0.5, 0.6) is 0 Å². The largest absolute Gasteiger partial charge is 0.309 e. The van der Waals surface area contributed by atoms with Gasteiger partial charge in [-0.2, -0.15) is 0 Å². The van der Waals surface area contributed by atoms with Crippen LogP contribution in [0.1, 0.15) is 0 Å². The molecule has 0 amide bonds. The van der Waals surface area contributed by atoms with Crippen molar-refractivity contribution >= 4 is 126 Å². The standard InChI is InChI=1S/C72H47N3SSi/c1-4-21-52(22-5-1)77(53-23-6-2-7-24-53,54-25-8-3-9-26-54)55-27-18-20-49(45-55)73-67-36-16-12-30-59(67)63-46-50(39-42-69(63)73)75-68-41-38-48(56-32-19-33-61-60-31-13-17-37-71(60)76-72(56)61)44-62(68)64-47-51(40-43-70(64)75)74-65-34-14-10-28-57(65)58-29-11-15-35-66(58)74/h1-47H. The molecule has 0 fully saturated rings. The second-order valence-electron chi connectivity index (χ2n) is 20.4. The molecule has 0 saturated carbocycles. The van der Waals surface area contributed by atoms with Gasteiger partial charge in [0.25, 0.3) is 0 Å². The number of para-hydroxylation sites is 3. The zero-order chi connectivity index (χ0) is 50.6. The Morgan fingerprint density at radius 1 is 0.247 bits per heavy atom. The fourth-order valence-corrected chi connectivity index (χ4v) is 19.1. The van der Waals surface area contributed by atoms with Gasteiger partial charge in [-0.1, -0.05) is 200 Å². The van der Waals surface area contributed by atoms with Gasteiger partial charge in [0, 0.05) is 69.6 Å². The van der Waals surface area contributed by atoms with Crippen LogP contribution in [0, 0.1) is 0 Å². The van der Waals surface area contributed by atoms with Crippen LogP contribution in [-0.2, 0) is 0 Å². The SMILES string of the molecule is c1ccc([Si](c2ccccc2)(c2ccccc2)c2cccc(-n3c4ccccc4c4cc(-n5c6ccc(-c7cccc8c7sc7ccccc78)cc6c6cc(-n7c8ccccc8c8ccccc87)ccc65)ccc43)c2)cc1. The van der Waals surface area contributed by atoms with Crippen LogP contribution >= 0.6 is 11.3 Å². The molecule has 0 unspecified atom stereocenters. The van der Waals surface area contributed by atoms with Crippen LogP contribution < -0.4 is 20.7 Å². The number of benzene rings is 12. The number of aromatic nitrogens is 3. The van der Waals surface area contributed by atoms with Gasteiger partial charge < -0.3 is 13.7 Å². The summed E-state index contributed by atoms with van der Waals surface area (Å²) >= 11 is 1.89. The zero-order valence-corrected chi connectivity index (χ0v) is 43.7. The molecule has 0 aliphatic heterocycles. The number of nitrogens with zero attached hydrogens (tertiary/aromatic N) is 3. The van der Waals surface area contributed by atoms with Gasteiger partial charge in [0.1, 0.15) is 0 Å². The summed E-state index contributed by atoms with van der Waals surface area (Å²) in [5.74, 6) is 0. The van der Waals surface area contributed by atoms with Crippen LogP contribution in [0.3, 0.4) is 0 Å². The predicted molar refractivity (Wildman–Crippen MR) is 331 cm³/mol. The van der Waals surface area contributed by atoms with Crippen molar-refractivity contribution in [2.75, 3.05) is 0 Å². The third kappa shape index (κ3) is 6.55. The minimum atomic E-state index is -2.79. The Morgan fingerprint density at radius 2 is 0.636 bits per heavy atom. The highest BCUT2D eigenvalue weighted by molar-refractivity contribution is 7.26. The first kappa shape index (κ1) is 43.8. The van der Waals surface area contributed by atoms with Crippen molar-refractivity contribution in [2.24, 2.45) is 0 Å². The van der Waals surface area contributed by atoms with E-state index < -0.39 is 8.07 Å². The van der Waals surface area contributed by atoms with Crippen molar-refractivity contribution in [3.8, 4) is 28.2 Å². The lowest BCUT2D eigenvalue weighted by Crippen LogP contribution is -2.74. The van der Waals surface area contributed by atoms with Crippen LogP contribution in [0.25, 0.3) is 114 Å². The average Bonchev–Trinajstić information content (AvgIpc) is 4.25. The molecule has 5 heteroatoms. The van der Waals surface area contributed by atoms with E-state index in [-0.39, 0.29) is 0 Å². The van der Waals surface area contributed by atoms with Gasteiger partial charge in [0.2, 0.25) is 0 Å². The number of hydrogen-bond donors (Lipinski definition) is 0. The topological polar surface area (TPSA) is 14.8 Å². The van der Waals surface area contributed by atoms with Gasteiger partial charge in [0.15, 0.2) is 8.07 Å². The molecule has 3 nitrogen and oxygen atoms in total. The maximum atomic E-state index is 2.50. The molecule has 0 spiro atoms. The zero-order valence-electron chi connectivity index (χ0n) is 41.9. The van der Waals surface area contributed by atoms with E-state index in [0.29, 0.717) is 0 Å². The molecule has 16 rings (SSSR count). The molecule has 77 heavy (non-hydrogen) atoms. The second-order valence-corrected chi connectivity index (χ2v) is 25.2. The Bertz CT molecular complexity index is 4840. The number of fused-ring (bicyclic) bond motifs is 12. The molecule has 0 atom stereocenters. The highest BCUT2D eigenvalue weighted by Crippen LogP contribution is 2.44. The lowest BCUT2D eigenvalue weighted by atomic mass is 10.0. The summed E-state index contributed by atoms with van der Waals surface area (Å²) in [6.45, 7) is 0. The molecule has 0 radical (unpaired) electrons. The van der Waals surface area contributed by atoms with Crippen molar-refractivity contribution in [3.05, 3.63) is 285 Å². The molecule has 0 saturated heterocycles. The van der Waals surface area contributed by atoms with Crippen molar-refractivity contribution < 1.29 is 0 Å². The van der Waals surface area contributed by atoms with Gasteiger partial charge in [-0.15, -0.1) is 11.3 Å². The smallest absolute Gasteiger partial charge is 0.179 e. The van der Waals surface area contributed by atoms with E-state index in [1.54, 1.807) is 0 Å². The predicted octanol–water partition coefficient (Wildman–Crippen LogP) is 16.4.